The fourth-order valence-corrected chi connectivity index (χ4v) is 5.09. The van der Waals surface area contributed by atoms with Gasteiger partial charge in [-0.2, -0.15) is 0 Å². The van der Waals surface area contributed by atoms with Crippen molar-refractivity contribution < 1.29 is 32.2 Å². The van der Waals surface area contributed by atoms with Gasteiger partial charge in [0.2, 0.25) is 0 Å². The number of pyridine rings is 1. The molecule has 1 aliphatic heterocycles. The molecular weight excluding hydrogens is 500 g/mol. The summed E-state index contributed by atoms with van der Waals surface area (Å²) < 4.78 is 61.3. The highest BCUT2D eigenvalue weighted by Crippen LogP contribution is 2.36. The SMILES string of the molecule is COc1ccc2nccc([C@@H](F)CC[C@@H]3CCN(CC#Cc4cc(F)cc(F)c4F)C[C@@H]3CC(=O)O)c2c1. The monoisotopic (exact) mass is 528 g/mol. The molecule has 3 atom stereocenters. The zero-order chi connectivity index (χ0) is 27.2. The number of methoxy groups -OCH3 is 1. The standard InChI is InChI=1S/C29H28F4N2O3/c1-38-22-5-7-27-24(16-22)23(8-10-34-27)25(31)6-4-18-9-12-35(17-20(18)14-28(36)37)11-2-3-19-13-21(30)15-26(32)29(19)33/h5,7-8,10,13,15-16,18,20,25H,4,6,9,11-12,14,17H2,1H3,(H,36,37)/t18-,20+,25+/m1/s1. The van der Waals surface area contributed by atoms with Gasteiger partial charge in [-0.15, -0.1) is 0 Å². The maximum Gasteiger partial charge on any atom is 0.303 e. The average Bonchev–Trinajstić information content (AvgIpc) is 2.89. The second kappa shape index (κ2) is 12.3. The lowest BCUT2D eigenvalue weighted by Crippen LogP contribution is -2.41. The van der Waals surface area contributed by atoms with E-state index in [4.69, 9.17) is 4.74 Å². The van der Waals surface area contributed by atoms with Crippen LogP contribution >= 0.6 is 0 Å². The number of carboxylic acids is 1. The molecule has 2 aromatic carbocycles. The Bertz CT molecular complexity index is 1370. The quantitative estimate of drug-likeness (QED) is 0.224. The third kappa shape index (κ3) is 6.62. The Morgan fingerprint density at radius 1 is 1.21 bits per heavy atom. The molecule has 0 aliphatic carbocycles. The van der Waals surface area contributed by atoms with Crippen molar-refractivity contribution in [1.82, 2.24) is 9.88 Å². The highest BCUT2D eigenvalue weighted by Gasteiger charge is 2.31. The van der Waals surface area contributed by atoms with E-state index >= 15 is 4.39 Å². The number of ether oxygens (including phenoxy) is 1. The van der Waals surface area contributed by atoms with Crippen LogP contribution in [0.15, 0.2) is 42.6 Å². The maximum atomic E-state index is 15.4. The minimum Gasteiger partial charge on any atom is -0.497 e. The summed E-state index contributed by atoms with van der Waals surface area (Å²) in [5, 5.41) is 10.1. The molecule has 200 valence electrons. The topological polar surface area (TPSA) is 62.7 Å². The van der Waals surface area contributed by atoms with Crippen LogP contribution in [-0.4, -0.2) is 47.7 Å². The molecule has 5 nitrogen and oxygen atoms in total. The Labute approximate surface area is 218 Å². The highest BCUT2D eigenvalue weighted by atomic mass is 19.2. The minimum absolute atomic E-state index is 0.00552. The second-order valence-electron chi connectivity index (χ2n) is 9.52. The van der Waals surface area contributed by atoms with E-state index in [1.54, 1.807) is 37.6 Å². The molecule has 9 heteroatoms. The van der Waals surface area contributed by atoms with Crippen LogP contribution in [0.25, 0.3) is 10.9 Å². The predicted octanol–water partition coefficient (Wildman–Crippen LogP) is 5.92. The van der Waals surface area contributed by atoms with Gasteiger partial charge in [0, 0.05) is 30.6 Å². The van der Waals surface area contributed by atoms with Gasteiger partial charge < -0.3 is 9.84 Å². The summed E-state index contributed by atoms with van der Waals surface area (Å²) in [5.74, 6) is 1.24. The van der Waals surface area contributed by atoms with Gasteiger partial charge in [0.25, 0.3) is 0 Å². The zero-order valence-electron chi connectivity index (χ0n) is 20.9. The smallest absolute Gasteiger partial charge is 0.303 e. The molecule has 0 spiro atoms. The number of likely N-dealkylation sites (tertiary alicyclic amines) is 1. The first-order valence-electron chi connectivity index (χ1n) is 12.4. The minimum atomic E-state index is -1.30. The first kappa shape index (κ1) is 27.4. The highest BCUT2D eigenvalue weighted by molar-refractivity contribution is 5.83. The number of piperidine rings is 1. The fraction of sp³-hybridized carbons (Fsp3) is 0.379. The number of carbonyl (C=O) groups is 1. The molecule has 1 aliphatic rings. The first-order chi connectivity index (χ1) is 18.2. The molecule has 1 saturated heterocycles. The molecule has 1 aromatic heterocycles. The molecule has 0 saturated carbocycles. The molecule has 0 bridgehead atoms. The van der Waals surface area contributed by atoms with Crippen LogP contribution in [0.1, 0.15) is 43.0 Å². The van der Waals surface area contributed by atoms with Crippen molar-refractivity contribution in [3.8, 4) is 17.6 Å². The van der Waals surface area contributed by atoms with Crippen molar-refractivity contribution in [2.45, 2.75) is 31.9 Å². The first-order valence-corrected chi connectivity index (χ1v) is 12.4. The molecule has 1 N–H and O–H groups in total. The number of hydrogen-bond acceptors (Lipinski definition) is 4. The lowest BCUT2D eigenvalue weighted by molar-refractivity contribution is -0.139. The van der Waals surface area contributed by atoms with Crippen molar-refractivity contribution in [3.05, 3.63) is 71.2 Å². The van der Waals surface area contributed by atoms with Gasteiger partial charge in [-0.3, -0.25) is 14.7 Å². The fourth-order valence-electron chi connectivity index (χ4n) is 5.09. The number of aromatic nitrogens is 1. The van der Waals surface area contributed by atoms with Crippen molar-refractivity contribution in [2.75, 3.05) is 26.7 Å². The molecule has 4 rings (SSSR count). The molecule has 0 unspecified atom stereocenters. The number of halogens is 4. The van der Waals surface area contributed by atoms with E-state index < -0.39 is 29.6 Å². The van der Waals surface area contributed by atoms with Crippen LogP contribution in [0.5, 0.6) is 5.75 Å². The molecule has 0 amide bonds. The summed E-state index contributed by atoms with van der Waals surface area (Å²) in [5.41, 5.74) is 0.831. The van der Waals surface area contributed by atoms with Gasteiger partial charge in [0.15, 0.2) is 11.6 Å². The second-order valence-corrected chi connectivity index (χ2v) is 9.52. The van der Waals surface area contributed by atoms with Crippen molar-refractivity contribution in [2.24, 2.45) is 11.8 Å². The number of carboxylic acid groups (broad SMARTS) is 1. The van der Waals surface area contributed by atoms with Crippen LogP contribution in [0.2, 0.25) is 0 Å². The van der Waals surface area contributed by atoms with Gasteiger partial charge in [-0.1, -0.05) is 11.8 Å². The summed E-state index contributed by atoms with van der Waals surface area (Å²) in [6, 6.07) is 8.27. The predicted molar refractivity (Wildman–Crippen MR) is 135 cm³/mol. The summed E-state index contributed by atoms with van der Waals surface area (Å²) in [6.07, 6.45) is 1.67. The summed E-state index contributed by atoms with van der Waals surface area (Å²) in [4.78, 5) is 17.8. The Balaban J connectivity index is 1.40. The maximum absolute atomic E-state index is 15.4. The Morgan fingerprint density at radius 2 is 2.03 bits per heavy atom. The van der Waals surface area contributed by atoms with E-state index in [0.717, 1.165) is 6.07 Å². The van der Waals surface area contributed by atoms with Crippen molar-refractivity contribution in [3.63, 3.8) is 0 Å². The van der Waals surface area contributed by atoms with Gasteiger partial charge in [-0.05, 0) is 73.5 Å². The number of rotatable bonds is 8. The summed E-state index contributed by atoms with van der Waals surface area (Å²) >= 11 is 0. The van der Waals surface area contributed by atoms with Gasteiger partial charge in [-0.25, -0.2) is 17.6 Å². The van der Waals surface area contributed by atoms with E-state index in [9.17, 15) is 23.1 Å². The van der Waals surface area contributed by atoms with E-state index in [-0.39, 0.29) is 36.8 Å². The average molecular weight is 529 g/mol. The van der Waals surface area contributed by atoms with E-state index in [2.05, 4.69) is 16.8 Å². The van der Waals surface area contributed by atoms with Crippen LogP contribution in [0.4, 0.5) is 17.6 Å². The van der Waals surface area contributed by atoms with E-state index in [0.29, 0.717) is 54.2 Å². The number of aliphatic carboxylic acids is 1. The molecule has 1 fully saturated rings. The van der Waals surface area contributed by atoms with Crippen LogP contribution < -0.4 is 4.74 Å². The Kier molecular flexibility index (Phi) is 8.85. The van der Waals surface area contributed by atoms with E-state index in [1.807, 2.05) is 4.90 Å². The van der Waals surface area contributed by atoms with Crippen LogP contribution in [0, 0.1) is 41.1 Å². The zero-order valence-corrected chi connectivity index (χ0v) is 20.9. The molecule has 3 aromatic rings. The molecule has 38 heavy (non-hydrogen) atoms. The number of nitrogens with zero attached hydrogens (tertiary/aromatic N) is 2. The van der Waals surface area contributed by atoms with Gasteiger partial charge >= 0.3 is 5.97 Å². The van der Waals surface area contributed by atoms with Gasteiger partial charge in [0.05, 0.1) is 24.7 Å². The Hall–Kier alpha value is -3.64. The van der Waals surface area contributed by atoms with E-state index in [1.165, 1.54) is 0 Å². The van der Waals surface area contributed by atoms with Crippen LogP contribution in [-0.2, 0) is 4.79 Å². The normalized spacial score (nSPS) is 18.6. The van der Waals surface area contributed by atoms with Crippen LogP contribution in [0.3, 0.4) is 0 Å². The number of fused-ring (bicyclic) bond motifs is 1. The molecular formula is C29H28F4N2O3. The lowest BCUT2D eigenvalue weighted by Gasteiger charge is -2.37. The third-order valence-corrected chi connectivity index (χ3v) is 7.04. The number of alkyl halides is 1. The molecule has 2 heterocycles. The van der Waals surface area contributed by atoms with Crippen molar-refractivity contribution >= 4 is 16.9 Å². The Morgan fingerprint density at radius 3 is 2.79 bits per heavy atom. The third-order valence-electron chi connectivity index (χ3n) is 7.04. The van der Waals surface area contributed by atoms with Gasteiger partial charge in [0.1, 0.15) is 17.7 Å². The lowest BCUT2D eigenvalue weighted by atomic mass is 9.79. The summed E-state index contributed by atoms with van der Waals surface area (Å²) in [7, 11) is 1.55. The molecule has 0 radical (unpaired) electrons. The summed E-state index contributed by atoms with van der Waals surface area (Å²) in [6.45, 7) is 1.22. The number of benzene rings is 2. The number of hydrogen-bond donors (Lipinski definition) is 1. The largest absolute Gasteiger partial charge is 0.497 e. The van der Waals surface area contributed by atoms with Crippen molar-refractivity contribution in [1.29, 1.82) is 0 Å².